The second kappa shape index (κ2) is 8.22. The average Bonchev–Trinajstić information content (AvgIpc) is 3.37. The van der Waals surface area contributed by atoms with Crippen molar-refractivity contribution in [2.75, 3.05) is 17.7 Å². The number of carbonyl (C=O) groups is 1. The van der Waals surface area contributed by atoms with Gasteiger partial charge in [0, 0.05) is 17.8 Å². The van der Waals surface area contributed by atoms with E-state index < -0.39 is 16.1 Å². The van der Waals surface area contributed by atoms with E-state index in [1.54, 1.807) is 17.2 Å². The molecule has 1 aliphatic heterocycles. The highest BCUT2D eigenvalue weighted by molar-refractivity contribution is 7.88. The maximum absolute atomic E-state index is 13.6. The topological polar surface area (TPSA) is 83.5 Å². The quantitative estimate of drug-likeness (QED) is 0.576. The number of hydrogen-bond acceptors (Lipinski definition) is 6. The third-order valence-electron chi connectivity index (χ3n) is 5.19. The number of fused-ring (bicyclic) bond motifs is 1. The number of amides is 1. The summed E-state index contributed by atoms with van der Waals surface area (Å²) in [5, 5.41) is 1.12. The van der Waals surface area contributed by atoms with Crippen molar-refractivity contribution in [3.05, 3.63) is 52.8 Å². The summed E-state index contributed by atoms with van der Waals surface area (Å²) < 4.78 is 26.6. The molecule has 1 amide bonds. The van der Waals surface area contributed by atoms with Gasteiger partial charge in [-0.2, -0.15) is 4.31 Å². The van der Waals surface area contributed by atoms with Crippen LogP contribution in [-0.2, 0) is 21.4 Å². The molecule has 3 heterocycles. The van der Waals surface area contributed by atoms with Gasteiger partial charge in [-0.05, 0) is 49.6 Å². The van der Waals surface area contributed by atoms with Crippen molar-refractivity contribution in [1.82, 2.24) is 14.3 Å². The van der Waals surface area contributed by atoms with Gasteiger partial charge in [0.05, 0.1) is 28.7 Å². The molecule has 10 heteroatoms. The van der Waals surface area contributed by atoms with Crippen molar-refractivity contribution in [3.8, 4) is 0 Å². The zero-order chi connectivity index (χ0) is 21.5. The highest BCUT2D eigenvalue weighted by atomic mass is 35.5. The van der Waals surface area contributed by atoms with E-state index in [2.05, 4.69) is 4.98 Å². The minimum Gasteiger partial charge on any atom is -0.281 e. The van der Waals surface area contributed by atoms with Crippen LogP contribution < -0.4 is 4.90 Å². The zero-order valence-electron chi connectivity index (χ0n) is 16.6. The van der Waals surface area contributed by atoms with Gasteiger partial charge in [-0.25, -0.2) is 13.4 Å². The lowest BCUT2D eigenvalue weighted by atomic mass is 10.2. The number of carbonyl (C=O) groups excluding carboxylic acids is 1. The molecule has 0 bridgehead atoms. The van der Waals surface area contributed by atoms with Crippen molar-refractivity contribution in [1.29, 1.82) is 0 Å². The summed E-state index contributed by atoms with van der Waals surface area (Å²) in [6.45, 7) is 2.45. The summed E-state index contributed by atoms with van der Waals surface area (Å²) in [6, 6.07) is 8.45. The van der Waals surface area contributed by atoms with Crippen LogP contribution in [0.1, 0.15) is 24.1 Å². The van der Waals surface area contributed by atoms with Gasteiger partial charge in [-0.3, -0.25) is 14.7 Å². The molecular formula is C20H21ClN4O3S2. The number of hydrogen-bond donors (Lipinski definition) is 0. The fraction of sp³-hybridized carbons (Fsp3) is 0.350. The van der Waals surface area contributed by atoms with Crippen LogP contribution in [0.3, 0.4) is 0 Å². The monoisotopic (exact) mass is 464 g/mol. The van der Waals surface area contributed by atoms with Crippen LogP contribution in [0.4, 0.5) is 5.13 Å². The largest absolute Gasteiger partial charge is 0.281 e. The molecule has 0 N–H and O–H groups in total. The predicted molar refractivity (Wildman–Crippen MR) is 119 cm³/mol. The molecule has 158 valence electrons. The van der Waals surface area contributed by atoms with E-state index >= 15 is 0 Å². The Labute approximate surface area is 184 Å². The van der Waals surface area contributed by atoms with Gasteiger partial charge in [0.2, 0.25) is 15.9 Å². The number of benzene rings is 1. The Balaban J connectivity index is 1.77. The highest BCUT2D eigenvalue weighted by Crippen LogP contribution is 2.35. The van der Waals surface area contributed by atoms with E-state index in [0.29, 0.717) is 35.2 Å². The lowest BCUT2D eigenvalue weighted by Gasteiger charge is -2.27. The highest BCUT2D eigenvalue weighted by Gasteiger charge is 2.39. The Morgan fingerprint density at radius 1 is 1.33 bits per heavy atom. The van der Waals surface area contributed by atoms with Crippen molar-refractivity contribution in [2.45, 2.75) is 32.4 Å². The summed E-state index contributed by atoms with van der Waals surface area (Å²) >= 11 is 7.63. The predicted octanol–water partition coefficient (Wildman–Crippen LogP) is 3.61. The number of pyridine rings is 1. The molecule has 1 fully saturated rings. The van der Waals surface area contributed by atoms with E-state index in [-0.39, 0.29) is 12.5 Å². The molecular weight excluding hydrogens is 444 g/mol. The number of halogens is 1. The second-order valence-corrected chi connectivity index (χ2v) is 10.6. The fourth-order valence-electron chi connectivity index (χ4n) is 3.66. The Kier molecular flexibility index (Phi) is 5.80. The number of thiazole rings is 1. The maximum Gasteiger partial charge on any atom is 0.247 e. The molecule has 4 rings (SSSR count). The number of anilines is 1. The standard InChI is InChI=1S/C20H21ClN4O3S2/c1-13-15(21)8-9-17-18(13)23-20(29-17)24(12-14-6-3-4-10-22-14)19(26)16-7-5-11-25(16)30(2,27)28/h3-4,6,8-10,16H,5,7,11-12H2,1-2H3. The molecule has 1 atom stereocenters. The zero-order valence-corrected chi connectivity index (χ0v) is 19.0. The summed E-state index contributed by atoms with van der Waals surface area (Å²) in [5.74, 6) is -0.286. The van der Waals surface area contributed by atoms with Gasteiger partial charge in [-0.15, -0.1) is 0 Å². The van der Waals surface area contributed by atoms with Crippen LogP contribution in [0.2, 0.25) is 5.02 Å². The van der Waals surface area contributed by atoms with Crippen molar-refractivity contribution >= 4 is 54.2 Å². The van der Waals surface area contributed by atoms with Crippen LogP contribution in [-0.4, -0.2) is 47.4 Å². The number of aromatic nitrogens is 2. The van der Waals surface area contributed by atoms with Gasteiger partial charge in [-0.1, -0.05) is 29.0 Å². The summed E-state index contributed by atoms with van der Waals surface area (Å²) in [4.78, 5) is 24.1. The van der Waals surface area contributed by atoms with Gasteiger partial charge >= 0.3 is 0 Å². The SMILES string of the molecule is Cc1c(Cl)ccc2sc(N(Cc3ccccn3)C(=O)C3CCCN3S(C)(=O)=O)nc12. The number of rotatable bonds is 5. The first-order valence-electron chi connectivity index (χ1n) is 9.49. The molecule has 3 aromatic rings. The molecule has 1 unspecified atom stereocenters. The number of sulfonamides is 1. The first-order chi connectivity index (χ1) is 14.3. The minimum atomic E-state index is -3.49. The lowest BCUT2D eigenvalue weighted by Crippen LogP contribution is -2.47. The van der Waals surface area contributed by atoms with Crippen molar-refractivity contribution < 1.29 is 13.2 Å². The molecule has 0 radical (unpaired) electrons. The molecule has 1 aliphatic rings. The molecule has 0 spiro atoms. The van der Waals surface area contributed by atoms with E-state index in [9.17, 15) is 13.2 Å². The van der Waals surface area contributed by atoms with Crippen molar-refractivity contribution in [3.63, 3.8) is 0 Å². The third-order valence-corrected chi connectivity index (χ3v) is 7.94. The minimum absolute atomic E-state index is 0.209. The molecule has 2 aromatic heterocycles. The average molecular weight is 465 g/mol. The normalized spacial score (nSPS) is 17.5. The Hall–Kier alpha value is -2.07. The third kappa shape index (κ3) is 4.07. The maximum atomic E-state index is 13.6. The van der Waals surface area contributed by atoms with E-state index in [1.165, 1.54) is 15.6 Å². The Bertz CT molecular complexity index is 1200. The van der Waals surface area contributed by atoms with Crippen LogP contribution in [0.5, 0.6) is 0 Å². The number of aryl methyl sites for hydroxylation is 1. The molecule has 30 heavy (non-hydrogen) atoms. The molecule has 1 saturated heterocycles. The van der Waals surface area contributed by atoms with Gasteiger partial charge in [0.25, 0.3) is 0 Å². The molecule has 0 aliphatic carbocycles. The molecule has 0 saturated carbocycles. The second-order valence-electron chi connectivity index (χ2n) is 7.29. The first-order valence-corrected chi connectivity index (χ1v) is 12.5. The van der Waals surface area contributed by atoms with E-state index in [0.717, 1.165) is 22.0 Å². The lowest BCUT2D eigenvalue weighted by molar-refractivity contribution is -0.121. The van der Waals surface area contributed by atoms with E-state index in [1.807, 2.05) is 31.2 Å². The van der Waals surface area contributed by atoms with Gasteiger partial charge in [0.1, 0.15) is 6.04 Å². The Morgan fingerprint density at radius 2 is 2.13 bits per heavy atom. The van der Waals surface area contributed by atoms with Gasteiger partial charge < -0.3 is 0 Å². The molecule has 7 nitrogen and oxygen atoms in total. The summed E-state index contributed by atoms with van der Waals surface area (Å²) in [7, 11) is -3.49. The van der Waals surface area contributed by atoms with E-state index in [4.69, 9.17) is 16.6 Å². The summed E-state index contributed by atoms with van der Waals surface area (Å²) in [6.07, 6.45) is 3.94. The van der Waals surface area contributed by atoms with Crippen LogP contribution in [0.15, 0.2) is 36.5 Å². The number of nitrogens with zero attached hydrogens (tertiary/aromatic N) is 4. The van der Waals surface area contributed by atoms with Crippen LogP contribution in [0, 0.1) is 6.92 Å². The van der Waals surface area contributed by atoms with Crippen molar-refractivity contribution in [2.24, 2.45) is 0 Å². The Morgan fingerprint density at radius 3 is 2.83 bits per heavy atom. The smallest absolute Gasteiger partial charge is 0.247 e. The van der Waals surface area contributed by atoms with Crippen LogP contribution in [0.25, 0.3) is 10.2 Å². The molecule has 1 aromatic carbocycles. The first kappa shape index (κ1) is 21.2. The summed E-state index contributed by atoms with van der Waals surface area (Å²) in [5.41, 5.74) is 2.29. The fourth-order valence-corrected chi connectivity index (χ4v) is 5.96. The van der Waals surface area contributed by atoms with Gasteiger partial charge in [0.15, 0.2) is 5.13 Å². The van der Waals surface area contributed by atoms with Crippen LogP contribution >= 0.6 is 22.9 Å².